The van der Waals surface area contributed by atoms with Crippen LogP contribution in [0.5, 0.6) is 5.75 Å². The molecule has 1 amide bonds. The van der Waals surface area contributed by atoms with Crippen LogP contribution in [0.15, 0.2) is 36.5 Å². The van der Waals surface area contributed by atoms with Crippen molar-refractivity contribution in [1.29, 1.82) is 0 Å². The van der Waals surface area contributed by atoms with E-state index in [0.717, 1.165) is 0 Å². The lowest BCUT2D eigenvalue weighted by atomic mass is 9.79. The first-order valence-corrected chi connectivity index (χ1v) is 8.92. The minimum absolute atomic E-state index is 0.0279. The summed E-state index contributed by atoms with van der Waals surface area (Å²) in [6.07, 6.45) is 0.502. The SMILES string of the molecule is O=C(Nc1ccc(OC(F)(F)Cl)cc1)c1cnc(N2CC[C@@H](F)C2)c(B(O)O)c1. The van der Waals surface area contributed by atoms with E-state index < -0.39 is 24.8 Å². The molecular weight excluding hydrogens is 413 g/mol. The van der Waals surface area contributed by atoms with Crippen LogP contribution >= 0.6 is 11.6 Å². The van der Waals surface area contributed by atoms with E-state index in [1.807, 2.05) is 0 Å². The zero-order chi connectivity index (χ0) is 21.2. The van der Waals surface area contributed by atoms with E-state index in [-0.39, 0.29) is 34.8 Å². The topological polar surface area (TPSA) is 94.9 Å². The van der Waals surface area contributed by atoms with Gasteiger partial charge in [-0.3, -0.25) is 4.79 Å². The maximum Gasteiger partial charge on any atom is 0.492 e. The molecule has 3 N–H and O–H groups in total. The van der Waals surface area contributed by atoms with Crippen molar-refractivity contribution in [2.45, 2.75) is 18.2 Å². The van der Waals surface area contributed by atoms with Crippen LogP contribution < -0.4 is 20.4 Å². The molecule has 0 saturated carbocycles. The van der Waals surface area contributed by atoms with Gasteiger partial charge in [-0.1, -0.05) is 0 Å². The lowest BCUT2D eigenvalue weighted by Gasteiger charge is -2.20. The first-order chi connectivity index (χ1) is 13.6. The van der Waals surface area contributed by atoms with Gasteiger partial charge in [0.05, 0.1) is 12.1 Å². The summed E-state index contributed by atoms with van der Waals surface area (Å²) < 4.78 is 42.8. The number of benzene rings is 1. The minimum Gasteiger partial charge on any atom is -0.423 e. The molecule has 0 bridgehead atoms. The molecular formula is C17H16BClF3N3O4. The number of pyridine rings is 1. The van der Waals surface area contributed by atoms with Gasteiger partial charge in [0, 0.05) is 35.5 Å². The lowest BCUT2D eigenvalue weighted by Crippen LogP contribution is -2.38. The van der Waals surface area contributed by atoms with Crippen LogP contribution in [0, 0.1) is 0 Å². The molecule has 2 heterocycles. The maximum absolute atomic E-state index is 13.4. The monoisotopic (exact) mass is 429 g/mol. The summed E-state index contributed by atoms with van der Waals surface area (Å²) in [6.45, 7) is 0.448. The first kappa shape index (κ1) is 21.2. The van der Waals surface area contributed by atoms with Gasteiger partial charge in [-0.2, -0.15) is 0 Å². The third-order valence-corrected chi connectivity index (χ3v) is 4.29. The first-order valence-electron chi connectivity index (χ1n) is 8.54. The normalized spacial score (nSPS) is 16.6. The van der Waals surface area contributed by atoms with Crippen molar-refractivity contribution in [3.05, 3.63) is 42.1 Å². The highest BCUT2D eigenvalue weighted by Gasteiger charge is 2.29. The molecule has 12 heteroatoms. The number of nitrogens with zero attached hydrogens (tertiary/aromatic N) is 2. The van der Waals surface area contributed by atoms with Gasteiger partial charge in [-0.25, -0.2) is 9.37 Å². The molecule has 1 fully saturated rings. The lowest BCUT2D eigenvalue weighted by molar-refractivity contribution is -0.0964. The van der Waals surface area contributed by atoms with Gasteiger partial charge in [-0.05, 0) is 36.8 Å². The molecule has 1 aliphatic rings. The molecule has 1 aromatic carbocycles. The Bertz CT molecular complexity index is 883. The summed E-state index contributed by atoms with van der Waals surface area (Å²) >= 11 is 4.68. The molecule has 0 aliphatic carbocycles. The second-order valence-electron chi connectivity index (χ2n) is 6.37. The van der Waals surface area contributed by atoms with Crippen LogP contribution in [-0.4, -0.2) is 52.9 Å². The molecule has 0 radical (unpaired) electrons. The molecule has 1 atom stereocenters. The molecule has 29 heavy (non-hydrogen) atoms. The maximum atomic E-state index is 13.4. The Morgan fingerprint density at radius 3 is 2.59 bits per heavy atom. The number of nitrogens with one attached hydrogen (secondary N) is 1. The Balaban J connectivity index is 1.74. The van der Waals surface area contributed by atoms with Crippen molar-refractivity contribution in [2.75, 3.05) is 23.3 Å². The molecule has 1 aromatic heterocycles. The number of hydrogen-bond acceptors (Lipinski definition) is 6. The van der Waals surface area contributed by atoms with E-state index in [9.17, 15) is 28.0 Å². The summed E-state index contributed by atoms with van der Waals surface area (Å²) in [6, 6.07) is 6.28. The molecule has 3 rings (SSSR count). The number of anilines is 2. The molecule has 154 valence electrons. The van der Waals surface area contributed by atoms with E-state index in [0.29, 0.717) is 13.0 Å². The third kappa shape index (κ3) is 5.52. The fourth-order valence-corrected chi connectivity index (χ4v) is 3.00. The van der Waals surface area contributed by atoms with E-state index in [1.165, 1.54) is 36.5 Å². The standard InChI is InChI=1S/C17H16BClF3N3O4/c19-17(21,22)29-13-3-1-12(2-4-13)24-16(26)10-7-14(18(27)28)15(23-8-10)25-6-5-11(20)9-25/h1-4,7-8,11,27-28H,5-6,9H2,(H,24,26)/t11-/m1/s1. The zero-order valence-corrected chi connectivity index (χ0v) is 15.6. The molecule has 7 nitrogen and oxygen atoms in total. The molecule has 1 saturated heterocycles. The second-order valence-corrected chi connectivity index (χ2v) is 6.81. The van der Waals surface area contributed by atoms with E-state index in [4.69, 9.17) is 0 Å². The number of ether oxygens (including phenoxy) is 1. The predicted octanol–water partition coefficient (Wildman–Crippen LogP) is 1.73. The average Bonchev–Trinajstić information content (AvgIpc) is 3.07. The van der Waals surface area contributed by atoms with Crippen LogP contribution in [0.25, 0.3) is 0 Å². The fourth-order valence-electron chi connectivity index (χ4n) is 2.91. The van der Waals surface area contributed by atoms with Crippen molar-refractivity contribution >= 4 is 41.6 Å². The number of carbonyl (C=O) groups is 1. The summed E-state index contributed by atoms with van der Waals surface area (Å²) in [5, 5.41) is 21.8. The Morgan fingerprint density at radius 1 is 1.34 bits per heavy atom. The Kier molecular flexibility index (Phi) is 6.20. The number of carbonyl (C=O) groups excluding carboxylic acids is 1. The number of amides is 1. The highest BCUT2D eigenvalue weighted by Crippen LogP contribution is 2.26. The van der Waals surface area contributed by atoms with Crippen molar-refractivity contribution in [3.8, 4) is 5.75 Å². The highest BCUT2D eigenvalue weighted by atomic mass is 35.5. The Labute approximate surface area is 169 Å². The minimum atomic E-state index is -3.85. The summed E-state index contributed by atoms with van der Waals surface area (Å²) in [5.41, 5.74) is -3.58. The number of rotatable bonds is 6. The zero-order valence-electron chi connectivity index (χ0n) is 14.9. The summed E-state index contributed by atoms with van der Waals surface area (Å²) in [7, 11) is -1.91. The van der Waals surface area contributed by atoms with Crippen molar-refractivity contribution in [2.24, 2.45) is 0 Å². The van der Waals surface area contributed by atoms with Crippen LogP contribution in [0.2, 0.25) is 0 Å². The number of halogens is 4. The van der Waals surface area contributed by atoms with Gasteiger partial charge in [0.2, 0.25) is 0 Å². The molecule has 2 aromatic rings. The Morgan fingerprint density at radius 2 is 2.03 bits per heavy atom. The quantitative estimate of drug-likeness (QED) is 0.478. The summed E-state index contributed by atoms with van der Waals surface area (Å²) in [5.74, 6) is -0.622. The average molecular weight is 430 g/mol. The van der Waals surface area contributed by atoms with Gasteiger partial charge in [0.1, 0.15) is 17.7 Å². The van der Waals surface area contributed by atoms with Gasteiger partial charge in [0.15, 0.2) is 0 Å². The Hall–Kier alpha value is -2.50. The van der Waals surface area contributed by atoms with Gasteiger partial charge >= 0.3 is 12.7 Å². The van der Waals surface area contributed by atoms with Gasteiger partial charge in [-0.15, -0.1) is 8.78 Å². The number of hydrogen-bond donors (Lipinski definition) is 3. The molecule has 0 spiro atoms. The predicted molar refractivity (Wildman–Crippen MR) is 102 cm³/mol. The van der Waals surface area contributed by atoms with Crippen LogP contribution in [-0.2, 0) is 0 Å². The van der Waals surface area contributed by atoms with Crippen molar-refractivity contribution < 1.29 is 32.8 Å². The fraction of sp³-hybridized carbons (Fsp3) is 0.294. The van der Waals surface area contributed by atoms with Crippen molar-refractivity contribution in [3.63, 3.8) is 0 Å². The van der Waals surface area contributed by atoms with Gasteiger partial charge < -0.3 is 25.0 Å². The van der Waals surface area contributed by atoms with E-state index >= 15 is 0 Å². The van der Waals surface area contributed by atoms with Gasteiger partial charge in [0.25, 0.3) is 5.91 Å². The van der Waals surface area contributed by atoms with E-state index in [2.05, 4.69) is 26.6 Å². The highest BCUT2D eigenvalue weighted by molar-refractivity contribution is 6.60. The number of aromatic nitrogens is 1. The second kappa shape index (κ2) is 8.48. The van der Waals surface area contributed by atoms with Crippen molar-refractivity contribution in [1.82, 2.24) is 4.98 Å². The molecule has 0 unspecified atom stereocenters. The van der Waals surface area contributed by atoms with E-state index in [1.54, 1.807) is 4.90 Å². The van der Waals surface area contributed by atoms with Crippen LogP contribution in [0.4, 0.5) is 24.7 Å². The van der Waals surface area contributed by atoms with Crippen LogP contribution in [0.1, 0.15) is 16.8 Å². The van der Waals surface area contributed by atoms with Crippen LogP contribution in [0.3, 0.4) is 0 Å². The smallest absolute Gasteiger partial charge is 0.423 e. The number of alkyl halides is 4. The molecule has 1 aliphatic heterocycles. The summed E-state index contributed by atoms with van der Waals surface area (Å²) in [4.78, 5) is 18.1. The third-order valence-electron chi connectivity index (χ3n) is 4.21. The largest absolute Gasteiger partial charge is 0.492 e.